The van der Waals surface area contributed by atoms with Crippen molar-refractivity contribution in [2.24, 2.45) is 5.10 Å². The molecule has 0 aliphatic rings. The van der Waals surface area contributed by atoms with E-state index >= 15 is 0 Å². The van der Waals surface area contributed by atoms with Crippen LogP contribution >= 0.6 is 0 Å². The summed E-state index contributed by atoms with van der Waals surface area (Å²) in [7, 11) is -3.74. The van der Waals surface area contributed by atoms with Crippen molar-refractivity contribution in [1.82, 2.24) is 5.43 Å². The highest BCUT2D eigenvalue weighted by Crippen LogP contribution is 2.19. The van der Waals surface area contributed by atoms with Gasteiger partial charge in [0.05, 0.1) is 16.8 Å². The van der Waals surface area contributed by atoms with Crippen LogP contribution in [0.25, 0.3) is 0 Å². The van der Waals surface area contributed by atoms with Crippen LogP contribution in [0.15, 0.2) is 88.9 Å². The molecule has 0 heterocycles. The van der Waals surface area contributed by atoms with Gasteiger partial charge in [-0.25, -0.2) is 13.8 Å². The van der Waals surface area contributed by atoms with Crippen LogP contribution in [0.2, 0.25) is 0 Å². The topological polar surface area (TPSA) is 87.6 Å². The van der Waals surface area contributed by atoms with Gasteiger partial charge in [0, 0.05) is 11.1 Å². The number of sulfonamides is 1. The Bertz CT molecular complexity index is 1090. The van der Waals surface area contributed by atoms with Crippen LogP contribution in [0.3, 0.4) is 0 Å². The highest BCUT2D eigenvalue weighted by atomic mass is 32.2. The lowest BCUT2D eigenvalue weighted by Gasteiger charge is -2.10. The van der Waals surface area contributed by atoms with Gasteiger partial charge in [-0.3, -0.25) is 9.52 Å². The summed E-state index contributed by atoms with van der Waals surface area (Å²) in [4.78, 5) is 12.2. The Kier molecular flexibility index (Phi) is 5.86. The number of carbonyl (C=O) groups excluding carboxylic acids is 1. The molecule has 3 aromatic rings. The fraction of sp³-hybridized carbons (Fsp3) is 0.0476. The number of nitrogens with one attached hydrogen (secondary N) is 2. The summed E-state index contributed by atoms with van der Waals surface area (Å²) in [6.45, 7) is 1.89. The van der Waals surface area contributed by atoms with Crippen molar-refractivity contribution in [1.29, 1.82) is 0 Å². The van der Waals surface area contributed by atoms with E-state index in [0.29, 0.717) is 16.8 Å². The molecule has 0 aromatic heterocycles. The predicted molar refractivity (Wildman–Crippen MR) is 110 cm³/mol. The molecule has 0 spiro atoms. The molecule has 6 nitrogen and oxygen atoms in total. The molecule has 28 heavy (non-hydrogen) atoms. The lowest BCUT2D eigenvalue weighted by atomic mass is 10.2. The fourth-order valence-corrected chi connectivity index (χ4v) is 3.53. The average Bonchev–Trinajstić information content (AvgIpc) is 2.70. The van der Waals surface area contributed by atoms with Crippen molar-refractivity contribution < 1.29 is 13.2 Å². The number of amides is 1. The molecule has 0 atom stereocenters. The molecular weight excluding hydrogens is 374 g/mol. The Morgan fingerprint density at radius 3 is 2.25 bits per heavy atom. The van der Waals surface area contributed by atoms with Gasteiger partial charge < -0.3 is 0 Å². The monoisotopic (exact) mass is 393 g/mol. The van der Waals surface area contributed by atoms with Gasteiger partial charge in [0.2, 0.25) is 0 Å². The van der Waals surface area contributed by atoms with Crippen LogP contribution in [0.4, 0.5) is 5.69 Å². The van der Waals surface area contributed by atoms with Crippen molar-refractivity contribution in [2.45, 2.75) is 11.8 Å². The third kappa shape index (κ3) is 4.83. The van der Waals surface area contributed by atoms with Gasteiger partial charge in [-0.05, 0) is 37.3 Å². The van der Waals surface area contributed by atoms with E-state index in [0.717, 1.165) is 5.56 Å². The molecule has 142 valence electrons. The zero-order chi connectivity index (χ0) is 20.0. The third-order valence-corrected chi connectivity index (χ3v) is 5.32. The summed E-state index contributed by atoms with van der Waals surface area (Å²) in [5.74, 6) is -0.352. The number of benzene rings is 3. The molecule has 3 aromatic carbocycles. The van der Waals surface area contributed by atoms with Crippen molar-refractivity contribution in [3.8, 4) is 0 Å². The number of aryl methyl sites for hydroxylation is 1. The van der Waals surface area contributed by atoms with Gasteiger partial charge in [-0.1, -0.05) is 54.1 Å². The van der Waals surface area contributed by atoms with Gasteiger partial charge in [-0.2, -0.15) is 5.10 Å². The lowest BCUT2D eigenvalue weighted by molar-refractivity contribution is 0.0955. The SMILES string of the molecule is Cc1ccc(S(=O)(=O)Nc2ccccc2C=NNC(=O)c2ccccc2)cc1. The summed E-state index contributed by atoms with van der Waals surface area (Å²) >= 11 is 0. The van der Waals surface area contributed by atoms with Crippen LogP contribution in [-0.2, 0) is 10.0 Å². The van der Waals surface area contributed by atoms with Crippen molar-refractivity contribution in [3.05, 3.63) is 95.6 Å². The molecule has 3 rings (SSSR count). The maximum atomic E-state index is 12.6. The minimum atomic E-state index is -3.74. The fourth-order valence-electron chi connectivity index (χ4n) is 2.44. The van der Waals surface area contributed by atoms with Crippen LogP contribution < -0.4 is 10.1 Å². The molecule has 0 saturated carbocycles. The molecule has 0 saturated heterocycles. The number of para-hydroxylation sites is 1. The Hall–Kier alpha value is -3.45. The second-order valence-electron chi connectivity index (χ2n) is 6.07. The molecule has 0 bridgehead atoms. The summed E-state index contributed by atoms with van der Waals surface area (Å²) in [5, 5.41) is 3.93. The molecule has 0 radical (unpaired) electrons. The Morgan fingerprint density at radius 1 is 0.893 bits per heavy atom. The Morgan fingerprint density at radius 2 is 1.54 bits per heavy atom. The third-order valence-electron chi connectivity index (χ3n) is 3.94. The van der Waals surface area contributed by atoms with Crippen LogP contribution in [0, 0.1) is 6.92 Å². The first-order chi connectivity index (χ1) is 13.5. The van der Waals surface area contributed by atoms with Gasteiger partial charge in [0.1, 0.15) is 0 Å². The molecule has 0 unspecified atom stereocenters. The standard InChI is InChI=1S/C21H19N3O3S/c1-16-11-13-19(14-12-16)28(26,27)24-20-10-6-5-9-18(20)15-22-23-21(25)17-7-3-2-4-8-17/h2-15,24H,1H3,(H,23,25). The number of anilines is 1. The molecule has 0 aliphatic carbocycles. The lowest BCUT2D eigenvalue weighted by Crippen LogP contribution is -2.18. The minimum Gasteiger partial charge on any atom is -0.279 e. The van der Waals surface area contributed by atoms with E-state index in [-0.39, 0.29) is 10.8 Å². The first-order valence-electron chi connectivity index (χ1n) is 8.53. The van der Waals surface area contributed by atoms with Gasteiger partial charge in [-0.15, -0.1) is 0 Å². The zero-order valence-electron chi connectivity index (χ0n) is 15.2. The van der Waals surface area contributed by atoms with E-state index in [1.807, 2.05) is 13.0 Å². The van der Waals surface area contributed by atoms with E-state index < -0.39 is 10.0 Å². The van der Waals surface area contributed by atoms with Crippen LogP contribution in [0.1, 0.15) is 21.5 Å². The smallest absolute Gasteiger partial charge is 0.271 e. The number of carbonyl (C=O) groups is 1. The summed E-state index contributed by atoms with van der Waals surface area (Å²) in [6, 6.07) is 22.1. The maximum absolute atomic E-state index is 12.6. The van der Waals surface area contributed by atoms with Gasteiger partial charge in [0.15, 0.2) is 0 Å². The average molecular weight is 393 g/mol. The first kappa shape index (κ1) is 19.3. The van der Waals surface area contributed by atoms with Gasteiger partial charge in [0.25, 0.3) is 15.9 Å². The van der Waals surface area contributed by atoms with E-state index in [9.17, 15) is 13.2 Å². The predicted octanol–water partition coefficient (Wildman–Crippen LogP) is 3.56. The number of hydrogen-bond donors (Lipinski definition) is 2. The van der Waals surface area contributed by atoms with E-state index in [4.69, 9.17) is 0 Å². The zero-order valence-corrected chi connectivity index (χ0v) is 16.0. The van der Waals surface area contributed by atoms with E-state index in [2.05, 4.69) is 15.2 Å². The quantitative estimate of drug-likeness (QED) is 0.496. The molecule has 1 amide bonds. The highest BCUT2D eigenvalue weighted by molar-refractivity contribution is 7.92. The molecular formula is C21H19N3O3S. The maximum Gasteiger partial charge on any atom is 0.271 e. The van der Waals surface area contributed by atoms with Gasteiger partial charge >= 0.3 is 0 Å². The molecule has 0 aliphatic heterocycles. The molecule has 0 fully saturated rings. The minimum absolute atomic E-state index is 0.169. The first-order valence-corrected chi connectivity index (χ1v) is 10.0. The summed E-state index contributed by atoms with van der Waals surface area (Å²) in [6.07, 6.45) is 1.40. The van der Waals surface area contributed by atoms with Crippen LogP contribution in [-0.4, -0.2) is 20.5 Å². The van der Waals surface area contributed by atoms with E-state index in [1.165, 1.54) is 6.21 Å². The second kappa shape index (κ2) is 8.49. The van der Waals surface area contributed by atoms with Crippen molar-refractivity contribution >= 4 is 27.8 Å². The van der Waals surface area contributed by atoms with E-state index in [1.54, 1.807) is 72.8 Å². The number of nitrogens with zero attached hydrogens (tertiary/aromatic N) is 1. The number of hydrogen-bond acceptors (Lipinski definition) is 4. The van der Waals surface area contributed by atoms with Crippen molar-refractivity contribution in [2.75, 3.05) is 4.72 Å². The normalized spacial score (nSPS) is 11.3. The number of hydrazone groups is 1. The highest BCUT2D eigenvalue weighted by Gasteiger charge is 2.15. The van der Waals surface area contributed by atoms with Crippen LogP contribution in [0.5, 0.6) is 0 Å². The largest absolute Gasteiger partial charge is 0.279 e. The molecule has 2 N–H and O–H groups in total. The van der Waals surface area contributed by atoms with Crippen molar-refractivity contribution in [3.63, 3.8) is 0 Å². The summed E-state index contributed by atoms with van der Waals surface area (Å²) < 4.78 is 27.8. The summed E-state index contributed by atoms with van der Waals surface area (Å²) in [5.41, 5.74) is 4.76. The Labute approximate surface area is 164 Å². The Balaban J connectivity index is 1.76. The number of rotatable bonds is 6. The second-order valence-corrected chi connectivity index (χ2v) is 7.75. The molecule has 7 heteroatoms.